The van der Waals surface area contributed by atoms with Gasteiger partial charge in [0, 0.05) is 11.8 Å². The van der Waals surface area contributed by atoms with Crippen molar-refractivity contribution < 1.29 is 9.53 Å². The van der Waals surface area contributed by atoms with E-state index in [9.17, 15) is 4.79 Å². The minimum absolute atomic E-state index is 0.0648. The lowest BCUT2D eigenvalue weighted by Crippen LogP contribution is -2.38. The Labute approximate surface area is 178 Å². The summed E-state index contributed by atoms with van der Waals surface area (Å²) in [4.78, 5) is 17.3. The Kier molecular flexibility index (Phi) is 7.98. The summed E-state index contributed by atoms with van der Waals surface area (Å²) >= 11 is 0. The number of pyridine rings is 1. The molecule has 1 amide bonds. The van der Waals surface area contributed by atoms with Crippen LogP contribution in [0, 0.1) is 0 Å². The van der Waals surface area contributed by atoms with E-state index in [0.29, 0.717) is 6.61 Å². The van der Waals surface area contributed by atoms with Gasteiger partial charge in [-0.25, -0.2) is 0 Å². The molecule has 30 heavy (non-hydrogen) atoms. The summed E-state index contributed by atoms with van der Waals surface area (Å²) < 4.78 is 5.74. The zero-order valence-corrected chi connectivity index (χ0v) is 17.5. The van der Waals surface area contributed by atoms with E-state index < -0.39 is 0 Å². The van der Waals surface area contributed by atoms with Crippen LogP contribution < -0.4 is 15.4 Å². The first-order valence-corrected chi connectivity index (χ1v) is 10.4. The number of amides is 1. The number of hydrogen-bond acceptors (Lipinski definition) is 4. The summed E-state index contributed by atoms with van der Waals surface area (Å²) in [7, 11) is 0. The van der Waals surface area contributed by atoms with Gasteiger partial charge in [-0.3, -0.25) is 15.1 Å². The average molecular weight is 404 g/mol. The third-order valence-corrected chi connectivity index (χ3v) is 4.92. The quantitative estimate of drug-likeness (QED) is 0.526. The maximum atomic E-state index is 12.8. The van der Waals surface area contributed by atoms with Gasteiger partial charge < -0.3 is 10.1 Å². The zero-order chi connectivity index (χ0) is 21.2. The Morgan fingerprint density at radius 2 is 1.70 bits per heavy atom. The minimum atomic E-state index is -0.158. The van der Waals surface area contributed by atoms with Crippen molar-refractivity contribution in [2.75, 3.05) is 13.2 Å². The van der Waals surface area contributed by atoms with Gasteiger partial charge >= 0.3 is 0 Å². The van der Waals surface area contributed by atoms with E-state index in [2.05, 4.69) is 22.5 Å². The highest BCUT2D eigenvalue weighted by Crippen LogP contribution is 2.27. The van der Waals surface area contributed by atoms with Crippen molar-refractivity contribution in [3.8, 4) is 5.75 Å². The van der Waals surface area contributed by atoms with Gasteiger partial charge in [0.15, 0.2) is 0 Å². The number of benzene rings is 2. The van der Waals surface area contributed by atoms with E-state index in [-0.39, 0.29) is 24.5 Å². The standard InChI is InChI=1S/C25H29N3O2/c1-3-21(20-14-8-9-16-23(20)30-4-2)28-24(29)18-27-25(19-12-6-5-7-13-19)22-15-10-11-17-26-22/h5-17,21,25,27H,3-4,18H2,1-2H3,(H,28,29). The van der Waals surface area contributed by atoms with Crippen molar-refractivity contribution in [1.82, 2.24) is 15.6 Å². The monoisotopic (exact) mass is 403 g/mol. The fourth-order valence-electron chi connectivity index (χ4n) is 3.48. The summed E-state index contributed by atoms with van der Waals surface area (Å²) in [6.07, 6.45) is 2.54. The van der Waals surface area contributed by atoms with E-state index in [1.54, 1.807) is 6.20 Å². The van der Waals surface area contributed by atoms with Crippen molar-refractivity contribution in [1.29, 1.82) is 0 Å². The number of aromatic nitrogens is 1. The molecule has 5 nitrogen and oxygen atoms in total. The van der Waals surface area contributed by atoms with Crippen LogP contribution >= 0.6 is 0 Å². The molecular formula is C25H29N3O2. The summed E-state index contributed by atoms with van der Waals surface area (Å²) in [5, 5.41) is 6.51. The lowest BCUT2D eigenvalue weighted by Gasteiger charge is -2.22. The SMILES string of the molecule is CCOc1ccccc1C(CC)NC(=O)CNC(c1ccccc1)c1ccccn1. The zero-order valence-electron chi connectivity index (χ0n) is 17.5. The third kappa shape index (κ3) is 5.67. The molecule has 3 rings (SSSR count). The molecule has 1 aromatic heterocycles. The Balaban J connectivity index is 1.70. The summed E-state index contributed by atoms with van der Waals surface area (Å²) in [5.41, 5.74) is 2.95. The van der Waals surface area contributed by atoms with Gasteiger partial charge in [0.1, 0.15) is 5.75 Å². The number of para-hydroxylation sites is 1. The highest BCUT2D eigenvalue weighted by atomic mass is 16.5. The van der Waals surface area contributed by atoms with Crippen LogP contribution in [-0.4, -0.2) is 24.0 Å². The highest BCUT2D eigenvalue weighted by Gasteiger charge is 2.19. The lowest BCUT2D eigenvalue weighted by molar-refractivity contribution is -0.121. The highest BCUT2D eigenvalue weighted by molar-refractivity contribution is 5.78. The third-order valence-electron chi connectivity index (χ3n) is 4.92. The number of hydrogen-bond donors (Lipinski definition) is 2. The van der Waals surface area contributed by atoms with E-state index in [1.807, 2.05) is 79.7 Å². The van der Waals surface area contributed by atoms with Gasteiger partial charge in [-0.15, -0.1) is 0 Å². The molecule has 156 valence electrons. The topological polar surface area (TPSA) is 63.2 Å². The fraction of sp³-hybridized carbons (Fsp3) is 0.280. The predicted octanol–water partition coefficient (Wildman–Crippen LogP) is 4.43. The van der Waals surface area contributed by atoms with E-state index in [1.165, 1.54) is 0 Å². The van der Waals surface area contributed by atoms with Crippen molar-refractivity contribution in [2.45, 2.75) is 32.4 Å². The second-order valence-corrected chi connectivity index (χ2v) is 6.98. The average Bonchev–Trinajstić information content (AvgIpc) is 2.80. The molecule has 0 fully saturated rings. The van der Waals surface area contributed by atoms with E-state index in [0.717, 1.165) is 29.0 Å². The van der Waals surface area contributed by atoms with Crippen LogP contribution in [0.3, 0.4) is 0 Å². The minimum Gasteiger partial charge on any atom is -0.494 e. The molecule has 0 saturated carbocycles. The first-order chi connectivity index (χ1) is 14.7. The first kappa shape index (κ1) is 21.5. The lowest BCUT2D eigenvalue weighted by atomic mass is 10.0. The van der Waals surface area contributed by atoms with Crippen LogP contribution in [0.25, 0.3) is 0 Å². The molecule has 2 aromatic carbocycles. The number of ether oxygens (including phenoxy) is 1. The maximum absolute atomic E-state index is 12.8. The summed E-state index contributed by atoms with van der Waals surface area (Å²) in [6, 6.07) is 23.5. The fourth-order valence-corrected chi connectivity index (χ4v) is 3.48. The smallest absolute Gasteiger partial charge is 0.234 e. The molecule has 0 saturated heterocycles. The molecule has 3 aromatic rings. The summed E-state index contributed by atoms with van der Waals surface area (Å²) in [6.45, 7) is 4.79. The van der Waals surface area contributed by atoms with Crippen LogP contribution in [0.15, 0.2) is 79.0 Å². The Morgan fingerprint density at radius 1 is 0.967 bits per heavy atom. The molecule has 2 atom stereocenters. The molecule has 5 heteroatoms. The first-order valence-electron chi connectivity index (χ1n) is 10.4. The van der Waals surface area contributed by atoms with Crippen LogP contribution in [0.2, 0.25) is 0 Å². The van der Waals surface area contributed by atoms with Crippen molar-refractivity contribution in [2.24, 2.45) is 0 Å². The molecular weight excluding hydrogens is 374 g/mol. The van der Waals surface area contributed by atoms with E-state index >= 15 is 0 Å². The number of carbonyl (C=O) groups is 1. The van der Waals surface area contributed by atoms with Gasteiger partial charge in [-0.1, -0.05) is 61.5 Å². The van der Waals surface area contributed by atoms with Crippen LogP contribution in [0.5, 0.6) is 5.75 Å². The number of carbonyl (C=O) groups excluding carboxylic acids is 1. The Hall–Kier alpha value is -3.18. The van der Waals surface area contributed by atoms with Gasteiger partial charge in [0.05, 0.1) is 30.9 Å². The second kappa shape index (κ2) is 11.1. The number of nitrogens with zero attached hydrogens (tertiary/aromatic N) is 1. The van der Waals surface area contributed by atoms with E-state index in [4.69, 9.17) is 4.74 Å². The molecule has 1 heterocycles. The van der Waals surface area contributed by atoms with Crippen molar-refractivity contribution in [3.05, 3.63) is 95.8 Å². The van der Waals surface area contributed by atoms with Crippen LogP contribution in [-0.2, 0) is 4.79 Å². The van der Waals surface area contributed by atoms with Crippen molar-refractivity contribution >= 4 is 5.91 Å². The Bertz CT molecular complexity index is 876. The van der Waals surface area contributed by atoms with Gasteiger partial charge in [0.2, 0.25) is 5.91 Å². The molecule has 0 aliphatic carbocycles. The van der Waals surface area contributed by atoms with Gasteiger partial charge in [-0.05, 0) is 37.1 Å². The molecule has 0 spiro atoms. The normalized spacial score (nSPS) is 12.7. The molecule has 2 N–H and O–H groups in total. The molecule has 0 aliphatic heterocycles. The second-order valence-electron chi connectivity index (χ2n) is 6.98. The summed E-state index contributed by atoms with van der Waals surface area (Å²) in [5.74, 6) is 0.751. The largest absolute Gasteiger partial charge is 0.494 e. The molecule has 0 radical (unpaired) electrons. The van der Waals surface area contributed by atoms with Crippen LogP contribution in [0.1, 0.15) is 49.2 Å². The number of rotatable bonds is 10. The molecule has 2 unspecified atom stereocenters. The molecule has 0 aliphatic rings. The van der Waals surface area contributed by atoms with Gasteiger partial charge in [0.25, 0.3) is 0 Å². The predicted molar refractivity (Wildman–Crippen MR) is 119 cm³/mol. The molecule has 0 bridgehead atoms. The van der Waals surface area contributed by atoms with Crippen molar-refractivity contribution in [3.63, 3.8) is 0 Å². The van der Waals surface area contributed by atoms with Crippen LogP contribution in [0.4, 0.5) is 0 Å². The maximum Gasteiger partial charge on any atom is 0.234 e. The Morgan fingerprint density at radius 3 is 2.40 bits per heavy atom. The number of nitrogens with one attached hydrogen (secondary N) is 2. The van der Waals surface area contributed by atoms with Gasteiger partial charge in [-0.2, -0.15) is 0 Å².